The van der Waals surface area contributed by atoms with E-state index in [0.717, 1.165) is 27.1 Å². The Morgan fingerprint density at radius 1 is 1.00 bits per heavy atom. The first-order chi connectivity index (χ1) is 11.9. The molecule has 0 bridgehead atoms. The average Bonchev–Trinajstić information content (AvgIpc) is 3.33. The summed E-state index contributed by atoms with van der Waals surface area (Å²) in [5.74, 6) is 0. The van der Waals surface area contributed by atoms with Crippen molar-refractivity contribution in [3.63, 3.8) is 0 Å². The Hall–Kier alpha value is -3.06. The van der Waals surface area contributed by atoms with Crippen molar-refractivity contribution in [3.8, 4) is 16.4 Å². The van der Waals surface area contributed by atoms with Crippen LogP contribution in [-0.2, 0) is 6.54 Å². The minimum atomic E-state index is 0.658. The molecule has 0 unspecified atom stereocenters. The number of hydrogen-bond donors (Lipinski definition) is 1. The highest BCUT2D eigenvalue weighted by Crippen LogP contribution is 2.25. The zero-order valence-electron chi connectivity index (χ0n) is 12.7. The smallest absolute Gasteiger partial charge is 0.206 e. The first-order valence-corrected chi connectivity index (χ1v) is 8.27. The SMILES string of the molecule is c1ccc(-c2nnc(NCc3ccccc3-n3ccnc3)s2)nc1. The molecule has 6 nitrogen and oxygen atoms in total. The zero-order chi connectivity index (χ0) is 16.2. The normalized spacial score (nSPS) is 10.7. The molecule has 4 aromatic rings. The van der Waals surface area contributed by atoms with Crippen LogP contribution in [0.1, 0.15) is 5.56 Å². The molecule has 1 N–H and O–H groups in total. The molecule has 118 valence electrons. The van der Waals surface area contributed by atoms with Crippen LogP contribution in [0.15, 0.2) is 67.4 Å². The van der Waals surface area contributed by atoms with Gasteiger partial charge in [0.2, 0.25) is 5.13 Å². The van der Waals surface area contributed by atoms with Crippen molar-refractivity contribution in [1.82, 2.24) is 24.7 Å². The second-order valence-electron chi connectivity index (χ2n) is 5.08. The maximum absolute atomic E-state index is 4.30. The van der Waals surface area contributed by atoms with E-state index >= 15 is 0 Å². The first-order valence-electron chi connectivity index (χ1n) is 7.45. The summed E-state index contributed by atoms with van der Waals surface area (Å²) in [6.07, 6.45) is 7.26. The number of imidazole rings is 1. The van der Waals surface area contributed by atoms with Crippen LogP contribution in [0.3, 0.4) is 0 Å². The molecule has 4 rings (SSSR count). The van der Waals surface area contributed by atoms with Crippen molar-refractivity contribution >= 4 is 16.5 Å². The number of rotatable bonds is 5. The summed E-state index contributed by atoms with van der Waals surface area (Å²) in [6, 6.07) is 14.0. The van der Waals surface area contributed by atoms with Gasteiger partial charge in [0.25, 0.3) is 0 Å². The van der Waals surface area contributed by atoms with E-state index < -0.39 is 0 Å². The summed E-state index contributed by atoms with van der Waals surface area (Å²) < 4.78 is 2.00. The molecule has 3 aromatic heterocycles. The van der Waals surface area contributed by atoms with Gasteiger partial charge in [-0.3, -0.25) is 4.98 Å². The molecule has 7 heteroatoms. The van der Waals surface area contributed by atoms with Crippen molar-refractivity contribution in [3.05, 3.63) is 72.9 Å². The van der Waals surface area contributed by atoms with E-state index in [4.69, 9.17) is 0 Å². The molecule has 1 aromatic carbocycles. The molecule has 0 spiro atoms. The number of para-hydroxylation sites is 1. The second-order valence-corrected chi connectivity index (χ2v) is 6.06. The fraction of sp³-hybridized carbons (Fsp3) is 0.0588. The van der Waals surface area contributed by atoms with Crippen LogP contribution in [0.4, 0.5) is 5.13 Å². The fourth-order valence-electron chi connectivity index (χ4n) is 2.37. The van der Waals surface area contributed by atoms with Crippen LogP contribution in [0.2, 0.25) is 0 Å². The molecule has 0 aliphatic carbocycles. The monoisotopic (exact) mass is 334 g/mol. The largest absolute Gasteiger partial charge is 0.356 e. The molecule has 0 atom stereocenters. The van der Waals surface area contributed by atoms with E-state index in [1.807, 2.05) is 41.1 Å². The fourth-order valence-corrected chi connectivity index (χ4v) is 3.09. The molecule has 0 aliphatic rings. The van der Waals surface area contributed by atoms with Gasteiger partial charge in [-0.25, -0.2) is 4.98 Å². The van der Waals surface area contributed by atoms with Gasteiger partial charge < -0.3 is 9.88 Å². The molecular weight excluding hydrogens is 320 g/mol. The highest BCUT2D eigenvalue weighted by atomic mass is 32.1. The maximum Gasteiger partial charge on any atom is 0.206 e. The van der Waals surface area contributed by atoms with Crippen molar-refractivity contribution < 1.29 is 0 Å². The highest BCUT2D eigenvalue weighted by Gasteiger charge is 2.08. The van der Waals surface area contributed by atoms with Gasteiger partial charge in [-0.1, -0.05) is 35.6 Å². The van der Waals surface area contributed by atoms with Crippen molar-refractivity contribution in [2.24, 2.45) is 0 Å². The summed E-state index contributed by atoms with van der Waals surface area (Å²) in [7, 11) is 0. The highest BCUT2D eigenvalue weighted by molar-refractivity contribution is 7.18. The average molecular weight is 334 g/mol. The van der Waals surface area contributed by atoms with E-state index in [2.05, 4.69) is 37.6 Å². The third-order valence-electron chi connectivity index (χ3n) is 3.51. The van der Waals surface area contributed by atoms with Gasteiger partial charge in [-0.2, -0.15) is 0 Å². The van der Waals surface area contributed by atoms with Gasteiger partial charge in [0.1, 0.15) is 5.69 Å². The Bertz CT molecular complexity index is 917. The quantitative estimate of drug-likeness (QED) is 0.606. The predicted octanol–water partition coefficient (Wildman–Crippen LogP) is 3.40. The lowest BCUT2D eigenvalue weighted by molar-refractivity contribution is 0.996. The maximum atomic E-state index is 4.30. The van der Waals surface area contributed by atoms with Gasteiger partial charge in [0.15, 0.2) is 5.01 Å². The van der Waals surface area contributed by atoms with E-state index in [1.165, 1.54) is 11.3 Å². The van der Waals surface area contributed by atoms with Gasteiger partial charge in [-0.05, 0) is 23.8 Å². The van der Waals surface area contributed by atoms with Crippen LogP contribution < -0.4 is 5.32 Å². The molecule has 0 fully saturated rings. The number of hydrogen-bond acceptors (Lipinski definition) is 6. The Morgan fingerprint density at radius 2 is 1.92 bits per heavy atom. The number of aromatic nitrogens is 5. The number of nitrogens with one attached hydrogen (secondary N) is 1. The van der Waals surface area contributed by atoms with Crippen LogP contribution in [-0.4, -0.2) is 24.7 Å². The van der Waals surface area contributed by atoms with Crippen LogP contribution in [0, 0.1) is 0 Å². The van der Waals surface area contributed by atoms with Gasteiger partial charge in [0, 0.05) is 25.1 Å². The molecule has 24 heavy (non-hydrogen) atoms. The van der Waals surface area contributed by atoms with E-state index in [9.17, 15) is 0 Å². The standard InChI is InChI=1S/C17H14N6S/c1-2-7-15(23-10-9-18-12-23)13(5-1)11-20-17-22-21-16(24-17)14-6-3-4-8-19-14/h1-10,12H,11H2,(H,20,22). The Labute approximate surface area is 142 Å². The first kappa shape index (κ1) is 14.5. The van der Waals surface area contributed by atoms with Crippen molar-refractivity contribution in [2.45, 2.75) is 6.54 Å². The van der Waals surface area contributed by atoms with Crippen LogP contribution in [0.5, 0.6) is 0 Å². The number of pyridine rings is 1. The summed E-state index contributed by atoms with van der Waals surface area (Å²) >= 11 is 1.49. The molecular formula is C17H14N6S. The topological polar surface area (TPSA) is 68.5 Å². The lowest BCUT2D eigenvalue weighted by Gasteiger charge is -2.10. The molecule has 0 radical (unpaired) electrons. The van der Waals surface area contributed by atoms with Crippen molar-refractivity contribution in [2.75, 3.05) is 5.32 Å². The van der Waals surface area contributed by atoms with Gasteiger partial charge >= 0.3 is 0 Å². The summed E-state index contributed by atoms with van der Waals surface area (Å²) in [5, 5.41) is 13.3. The third kappa shape index (κ3) is 3.02. The Morgan fingerprint density at radius 3 is 2.75 bits per heavy atom. The lowest BCUT2D eigenvalue weighted by Crippen LogP contribution is -2.04. The molecule has 3 heterocycles. The Balaban J connectivity index is 1.51. The van der Waals surface area contributed by atoms with E-state index in [0.29, 0.717) is 6.54 Å². The Kier molecular flexibility index (Phi) is 3.99. The molecule has 0 amide bonds. The minimum absolute atomic E-state index is 0.658. The minimum Gasteiger partial charge on any atom is -0.356 e. The van der Waals surface area contributed by atoms with Crippen LogP contribution >= 0.6 is 11.3 Å². The van der Waals surface area contributed by atoms with Crippen molar-refractivity contribution in [1.29, 1.82) is 0 Å². The lowest BCUT2D eigenvalue weighted by atomic mass is 10.2. The number of benzene rings is 1. The molecule has 0 aliphatic heterocycles. The molecule has 0 saturated carbocycles. The van der Waals surface area contributed by atoms with Gasteiger partial charge in [-0.15, -0.1) is 10.2 Å². The number of anilines is 1. The summed E-state index contributed by atoms with van der Waals surface area (Å²) in [5.41, 5.74) is 3.09. The second kappa shape index (κ2) is 6.59. The van der Waals surface area contributed by atoms with Gasteiger partial charge in [0.05, 0.1) is 12.0 Å². The van der Waals surface area contributed by atoms with E-state index in [-0.39, 0.29) is 0 Å². The molecule has 0 saturated heterocycles. The third-order valence-corrected chi connectivity index (χ3v) is 4.42. The zero-order valence-corrected chi connectivity index (χ0v) is 13.5. The summed E-state index contributed by atoms with van der Waals surface area (Å²) in [4.78, 5) is 8.41. The number of nitrogens with zero attached hydrogens (tertiary/aromatic N) is 5. The van der Waals surface area contributed by atoms with Crippen LogP contribution in [0.25, 0.3) is 16.4 Å². The predicted molar refractivity (Wildman–Crippen MR) is 94.0 cm³/mol. The van der Waals surface area contributed by atoms with E-state index in [1.54, 1.807) is 18.7 Å². The summed E-state index contributed by atoms with van der Waals surface area (Å²) in [6.45, 7) is 0.658.